The molecule has 0 saturated carbocycles. The molecule has 76 valence electrons. The lowest BCUT2D eigenvalue weighted by molar-refractivity contribution is 0.0920. The molecular weight excluding hydrogens is 198 g/mol. The molecule has 1 N–H and O–H groups in total. The first-order valence-corrected chi connectivity index (χ1v) is 5.20. The van der Waals surface area contributed by atoms with Gasteiger partial charge in [-0.25, -0.2) is 0 Å². The smallest absolute Gasteiger partial charge is 0.0778 e. The van der Waals surface area contributed by atoms with Crippen LogP contribution in [0.1, 0.15) is 18.0 Å². The third-order valence-electron chi connectivity index (χ3n) is 2.70. The van der Waals surface area contributed by atoms with Crippen molar-refractivity contribution in [3.63, 3.8) is 0 Å². The van der Waals surface area contributed by atoms with Gasteiger partial charge in [-0.15, -0.1) is 0 Å². The highest BCUT2D eigenvalue weighted by atomic mass is 35.5. The van der Waals surface area contributed by atoms with E-state index in [0.29, 0.717) is 6.04 Å². The van der Waals surface area contributed by atoms with Gasteiger partial charge in [0, 0.05) is 12.1 Å². The largest absolute Gasteiger partial charge is 0.379 e. The van der Waals surface area contributed by atoms with Crippen molar-refractivity contribution in [3.05, 3.63) is 34.9 Å². The van der Waals surface area contributed by atoms with Crippen molar-refractivity contribution in [2.24, 2.45) is 0 Å². The molecule has 1 saturated heterocycles. The quantitative estimate of drug-likeness (QED) is 0.811. The van der Waals surface area contributed by atoms with Gasteiger partial charge >= 0.3 is 0 Å². The first-order chi connectivity index (χ1) is 6.81. The van der Waals surface area contributed by atoms with Crippen molar-refractivity contribution < 1.29 is 4.74 Å². The summed E-state index contributed by atoms with van der Waals surface area (Å²) in [4.78, 5) is 0. The second kappa shape index (κ2) is 4.30. The van der Waals surface area contributed by atoms with Gasteiger partial charge in [0.2, 0.25) is 0 Å². The molecule has 2 rings (SSSR count). The van der Waals surface area contributed by atoms with Crippen molar-refractivity contribution in [2.75, 3.05) is 13.7 Å². The minimum Gasteiger partial charge on any atom is -0.379 e. The second-order valence-corrected chi connectivity index (χ2v) is 3.98. The molecule has 0 aromatic heterocycles. The fourth-order valence-corrected chi connectivity index (χ4v) is 2.06. The Morgan fingerprint density at radius 2 is 2.07 bits per heavy atom. The summed E-state index contributed by atoms with van der Waals surface area (Å²) in [5.41, 5.74) is 1.25. The molecule has 1 aliphatic rings. The zero-order chi connectivity index (χ0) is 9.97. The van der Waals surface area contributed by atoms with E-state index in [2.05, 4.69) is 17.4 Å². The predicted octanol–water partition coefficient (Wildman–Crippen LogP) is 2.39. The highest BCUT2D eigenvalue weighted by Gasteiger charge is 2.27. The van der Waals surface area contributed by atoms with Crippen LogP contribution in [-0.4, -0.2) is 19.8 Å². The van der Waals surface area contributed by atoms with Crippen LogP contribution in [0, 0.1) is 0 Å². The lowest BCUT2D eigenvalue weighted by atomic mass is 10.0. The number of ether oxygens (including phenoxy) is 1. The lowest BCUT2D eigenvalue weighted by Crippen LogP contribution is -2.22. The van der Waals surface area contributed by atoms with Gasteiger partial charge in [0.25, 0.3) is 0 Å². The van der Waals surface area contributed by atoms with Crippen LogP contribution < -0.4 is 5.32 Å². The van der Waals surface area contributed by atoms with Crippen LogP contribution in [0.3, 0.4) is 0 Å². The molecule has 0 spiro atoms. The summed E-state index contributed by atoms with van der Waals surface area (Å²) in [5.74, 6) is 0. The van der Waals surface area contributed by atoms with Crippen molar-refractivity contribution >= 4 is 11.6 Å². The third-order valence-corrected chi connectivity index (χ3v) is 2.95. The molecule has 1 aliphatic heterocycles. The SMILES string of the molecule is COC1CCNC1c1ccc(Cl)cc1. The molecule has 0 bridgehead atoms. The molecule has 0 aliphatic carbocycles. The van der Waals surface area contributed by atoms with Crippen LogP contribution in [0.2, 0.25) is 5.02 Å². The van der Waals surface area contributed by atoms with Gasteiger partial charge in [-0.1, -0.05) is 23.7 Å². The summed E-state index contributed by atoms with van der Waals surface area (Å²) < 4.78 is 5.41. The Labute approximate surface area is 89.2 Å². The molecular formula is C11H14ClNO. The average Bonchev–Trinajstić information content (AvgIpc) is 2.67. The van der Waals surface area contributed by atoms with E-state index in [1.54, 1.807) is 7.11 Å². The molecule has 0 radical (unpaired) electrons. The zero-order valence-electron chi connectivity index (χ0n) is 8.16. The van der Waals surface area contributed by atoms with Gasteiger partial charge < -0.3 is 10.1 Å². The molecule has 2 unspecified atom stereocenters. The molecule has 1 aromatic carbocycles. The van der Waals surface area contributed by atoms with Crippen molar-refractivity contribution in [3.8, 4) is 0 Å². The van der Waals surface area contributed by atoms with Gasteiger partial charge in [0.15, 0.2) is 0 Å². The van der Waals surface area contributed by atoms with E-state index >= 15 is 0 Å². The third kappa shape index (κ3) is 1.92. The Kier molecular flexibility index (Phi) is 3.06. The number of hydrogen-bond donors (Lipinski definition) is 1. The van der Waals surface area contributed by atoms with Gasteiger partial charge in [0.1, 0.15) is 0 Å². The van der Waals surface area contributed by atoms with E-state index in [4.69, 9.17) is 16.3 Å². The van der Waals surface area contributed by atoms with Crippen molar-refractivity contribution in [1.82, 2.24) is 5.32 Å². The summed E-state index contributed by atoms with van der Waals surface area (Å²) in [5, 5.41) is 4.20. The second-order valence-electron chi connectivity index (χ2n) is 3.55. The predicted molar refractivity (Wildman–Crippen MR) is 57.6 cm³/mol. The molecule has 2 nitrogen and oxygen atoms in total. The summed E-state index contributed by atoms with van der Waals surface area (Å²) >= 11 is 5.84. The van der Waals surface area contributed by atoms with Crippen LogP contribution in [-0.2, 0) is 4.74 Å². The van der Waals surface area contributed by atoms with Crippen LogP contribution in [0.5, 0.6) is 0 Å². The summed E-state index contributed by atoms with van der Waals surface area (Å²) in [6, 6.07) is 8.26. The van der Waals surface area contributed by atoms with Crippen LogP contribution in [0.25, 0.3) is 0 Å². The molecule has 0 amide bonds. The number of benzene rings is 1. The van der Waals surface area contributed by atoms with Crippen LogP contribution in [0.4, 0.5) is 0 Å². The minimum absolute atomic E-state index is 0.288. The highest BCUT2D eigenvalue weighted by molar-refractivity contribution is 6.30. The Morgan fingerprint density at radius 3 is 2.71 bits per heavy atom. The minimum atomic E-state index is 0.288. The van der Waals surface area contributed by atoms with E-state index < -0.39 is 0 Å². The van der Waals surface area contributed by atoms with Crippen molar-refractivity contribution in [1.29, 1.82) is 0 Å². The molecule has 1 heterocycles. The average molecular weight is 212 g/mol. The Bertz CT molecular complexity index is 299. The van der Waals surface area contributed by atoms with Crippen molar-refractivity contribution in [2.45, 2.75) is 18.6 Å². The molecule has 1 fully saturated rings. The molecule has 1 aromatic rings. The lowest BCUT2D eigenvalue weighted by Gasteiger charge is -2.18. The maximum absolute atomic E-state index is 5.84. The highest BCUT2D eigenvalue weighted by Crippen LogP contribution is 2.26. The number of rotatable bonds is 2. The number of nitrogens with one attached hydrogen (secondary N) is 1. The summed E-state index contributed by atoms with van der Waals surface area (Å²) in [6.45, 7) is 1.02. The number of hydrogen-bond acceptors (Lipinski definition) is 2. The topological polar surface area (TPSA) is 21.3 Å². The first-order valence-electron chi connectivity index (χ1n) is 4.83. The Hall–Kier alpha value is -0.570. The summed E-state index contributed by atoms with van der Waals surface area (Å²) in [7, 11) is 1.76. The van der Waals surface area contributed by atoms with Gasteiger partial charge in [-0.3, -0.25) is 0 Å². The van der Waals surface area contributed by atoms with E-state index in [1.807, 2.05) is 12.1 Å². The maximum atomic E-state index is 5.84. The van der Waals surface area contributed by atoms with Gasteiger partial charge in [-0.2, -0.15) is 0 Å². The van der Waals surface area contributed by atoms with E-state index in [-0.39, 0.29) is 6.10 Å². The van der Waals surface area contributed by atoms with E-state index in [9.17, 15) is 0 Å². The zero-order valence-corrected chi connectivity index (χ0v) is 8.92. The van der Waals surface area contributed by atoms with E-state index in [0.717, 1.165) is 18.0 Å². The van der Waals surface area contributed by atoms with Gasteiger partial charge in [-0.05, 0) is 30.7 Å². The molecule has 3 heteroatoms. The molecule has 2 atom stereocenters. The standard InChI is InChI=1S/C11H14ClNO/c1-14-10-6-7-13-11(10)8-2-4-9(12)5-3-8/h2-5,10-11,13H,6-7H2,1H3. The van der Waals surface area contributed by atoms with Gasteiger partial charge in [0.05, 0.1) is 12.1 Å². The van der Waals surface area contributed by atoms with Crippen LogP contribution in [0.15, 0.2) is 24.3 Å². The Balaban J connectivity index is 2.17. The van der Waals surface area contributed by atoms with E-state index in [1.165, 1.54) is 5.56 Å². The normalized spacial score (nSPS) is 26.7. The molecule has 14 heavy (non-hydrogen) atoms. The fourth-order valence-electron chi connectivity index (χ4n) is 1.94. The maximum Gasteiger partial charge on any atom is 0.0778 e. The Morgan fingerprint density at radius 1 is 1.36 bits per heavy atom. The number of halogens is 1. The van der Waals surface area contributed by atoms with Crippen LogP contribution >= 0.6 is 11.6 Å². The summed E-state index contributed by atoms with van der Waals surface area (Å²) in [6.07, 6.45) is 1.36. The monoisotopic (exact) mass is 211 g/mol. The number of methoxy groups -OCH3 is 1. The first kappa shape index (κ1) is 9.97. The fraction of sp³-hybridized carbons (Fsp3) is 0.455.